The molecule has 0 unspecified atom stereocenters. The molecule has 0 saturated heterocycles. The lowest BCUT2D eigenvalue weighted by molar-refractivity contribution is -0.121. The monoisotopic (exact) mass is 298 g/mol. The Kier molecular flexibility index (Phi) is 5.29. The van der Waals surface area contributed by atoms with Gasteiger partial charge in [0.1, 0.15) is 6.54 Å². The highest BCUT2D eigenvalue weighted by molar-refractivity contribution is 7.87. The Labute approximate surface area is 108 Å². The van der Waals surface area contributed by atoms with Gasteiger partial charge in [0.15, 0.2) is 0 Å². The van der Waals surface area contributed by atoms with E-state index in [1.807, 2.05) is 4.72 Å². The summed E-state index contributed by atoms with van der Waals surface area (Å²) in [4.78, 5) is 0. The molecular weight excluding hydrogens is 285 g/mol. The van der Waals surface area contributed by atoms with Gasteiger partial charge in [-0.15, -0.1) is 0 Å². The second-order valence-electron chi connectivity index (χ2n) is 3.70. The van der Waals surface area contributed by atoms with Gasteiger partial charge >= 0.3 is 6.18 Å². The zero-order chi connectivity index (χ0) is 14.5. The maximum absolute atomic E-state index is 11.9. The molecule has 9 heteroatoms. The zero-order valence-electron chi connectivity index (χ0n) is 9.68. The first kappa shape index (κ1) is 15.9. The van der Waals surface area contributed by atoms with Crippen molar-refractivity contribution in [3.63, 3.8) is 0 Å². The van der Waals surface area contributed by atoms with E-state index in [9.17, 15) is 21.6 Å². The predicted molar refractivity (Wildman–Crippen MR) is 62.4 cm³/mol. The molecule has 0 spiro atoms. The Morgan fingerprint density at radius 3 is 2.26 bits per heavy atom. The number of aliphatic hydroxyl groups excluding tert-OH is 1. The van der Waals surface area contributed by atoms with Gasteiger partial charge in [-0.25, -0.2) is 0 Å². The Morgan fingerprint density at radius 1 is 1.21 bits per heavy atom. The quantitative estimate of drug-likeness (QED) is 0.723. The molecule has 0 aliphatic carbocycles. The van der Waals surface area contributed by atoms with Crippen LogP contribution in [0.5, 0.6) is 0 Å². The third kappa shape index (κ3) is 6.01. The molecule has 0 radical (unpaired) electrons. The highest BCUT2D eigenvalue weighted by Gasteiger charge is 2.30. The van der Waals surface area contributed by atoms with Crippen LogP contribution < -0.4 is 9.44 Å². The molecule has 1 aromatic carbocycles. The Balaban J connectivity index is 2.70. The van der Waals surface area contributed by atoms with Crippen molar-refractivity contribution < 1.29 is 26.7 Å². The van der Waals surface area contributed by atoms with Crippen molar-refractivity contribution in [2.75, 3.05) is 13.2 Å². The first-order valence-corrected chi connectivity index (χ1v) is 6.71. The van der Waals surface area contributed by atoms with Gasteiger partial charge in [-0.3, -0.25) is 0 Å². The number of hydrogen-bond donors (Lipinski definition) is 3. The van der Waals surface area contributed by atoms with Gasteiger partial charge in [-0.05, 0) is 5.56 Å². The van der Waals surface area contributed by atoms with Crippen LogP contribution in [0.3, 0.4) is 0 Å². The van der Waals surface area contributed by atoms with Gasteiger partial charge < -0.3 is 5.11 Å². The van der Waals surface area contributed by atoms with Gasteiger partial charge in [0.05, 0.1) is 12.6 Å². The van der Waals surface area contributed by atoms with Crippen LogP contribution in [0.2, 0.25) is 0 Å². The molecular formula is C10H13F3N2O3S. The van der Waals surface area contributed by atoms with E-state index in [0.717, 1.165) is 0 Å². The number of nitrogens with one attached hydrogen (secondary N) is 2. The lowest BCUT2D eigenvalue weighted by atomic mass is 10.1. The van der Waals surface area contributed by atoms with E-state index in [1.165, 1.54) is 4.72 Å². The number of aliphatic hydroxyl groups is 1. The summed E-state index contributed by atoms with van der Waals surface area (Å²) in [5.74, 6) is 0. The summed E-state index contributed by atoms with van der Waals surface area (Å²) in [6, 6.07) is 7.02. The second kappa shape index (κ2) is 6.33. The van der Waals surface area contributed by atoms with Crippen molar-refractivity contribution >= 4 is 10.2 Å². The number of rotatable bonds is 6. The molecule has 0 aromatic heterocycles. The SMILES string of the molecule is O=S(=O)(NCC(F)(F)F)N[C@H](CO)c1ccccc1. The molecule has 0 bridgehead atoms. The fourth-order valence-corrected chi connectivity index (χ4v) is 2.32. The first-order chi connectivity index (χ1) is 8.73. The summed E-state index contributed by atoms with van der Waals surface area (Å²) >= 11 is 0. The molecule has 1 rings (SSSR count). The van der Waals surface area contributed by atoms with E-state index in [0.29, 0.717) is 5.56 Å². The second-order valence-corrected chi connectivity index (χ2v) is 5.23. The fourth-order valence-electron chi connectivity index (χ4n) is 1.30. The standard InChI is InChI=1S/C10H13F3N2O3S/c11-10(12,13)7-14-19(17,18)15-9(6-16)8-4-2-1-3-5-8/h1-5,9,14-16H,6-7H2/t9-/m1/s1. The summed E-state index contributed by atoms with van der Waals surface area (Å²) < 4.78 is 61.8. The van der Waals surface area contributed by atoms with Crippen LogP contribution in [-0.2, 0) is 10.2 Å². The molecule has 1 atom stereocenters. The van der Waals surface area contributed by atoms with Crippen LogP contribution >= 0.6 is 0 Å². The average Bonchev–Trinajstić information content (AvgIpc) is 2.34. The van der Waals surface area contributed by atoms with Crippen molar-refractivity contribution in [1.29, 1.82) is 0 Å². The van der Waals surface area contributed by atoms with E-state index in [1.54, 1.807) is 30.3 Å². The summed E-state index contributed by atoms with van der Waals surface area (Å²) in [6.07, 6.45) is -4.64. The molecule has 19 heavy (non-hydrogen) atoms. The molecule has 0 fully saturated rings. The summed E-state index contributed by atoms with van der Waals surface area (Å²) in [5, 5.41) is 9.09. The predicted octanol–water partition coefficient (Wildman–Crippen LogP) is 0.706. The van der Waals surface area contributed by atoms with Crippen molar-refractivity contribution in [2.24, 2.45) is 0 Å². The minimum atomic E-state index is -4.64. The summed E-state index contributed by atoms with van der Waals surface area (Å²) in [6.45, 7) is -2.24. The smallest absolute Gasteiger partial charge is 0.394 e. The molecule has 0 aliphatic heterocycles. The lowest BCUT2D eigenvalue weighted by Crippen LogP contribution is -2.43. The van der Waals surface area contributed by atoms with Crippen LogP contribution in [0.25, 0.3) is 0 Å². The zero-order valence-corrected chi connectivity index (χ0v) is 10.5. The maximum atomic E-state index is 11.9. The van der Waals surface area contributed by atoms with Crippen molar-refractivity contribution in [3.05, 3.63) is 35.9 Å². The first-order valence-electron chi connectivity index (χ1n) is 5.23. The Hall–Kier alpha value is -1.16. The summed E-state index contributed by atoms with van der Waals surface area (Å²) in [5.41, 5.74) is 0.447. The molecule has 0 aliphatic rings. The lowest BCUT2D eigenvalue weighted by Gasteiger charge is -2.17. The van der Waals surface area contributed by atoms with Gasteiger partial charge in [0.2, 0.25) is 0 Å². The van der Waals surface area contributed by atoms with Crippen molar-refractivity contribution in [1.82, 2.24) is 9.44 Å². The van der Waals surface area contributed by atoms with Crippen LogP contribution in [0.1, 0.15) is 11.6 Å². The maximum Gasteiger partial charge on any atom is 0.402 e. The van der Waals surface area contributed by atoms with Crippen LogP contribution in [0.15, 0.2) is 30.3 Å². The largest absolute Gasteiger partial charge is 0.402 e. The summed E-state index contributed by atoms with van der Waals surface area (Å²) in [7, 11) is -4.35. The Bertz CT molecular complexity index is 490. The van der Waals surface area contributed by atoms with E-state index in [2.05, 4.69) is 0 Å². The number of hydrogen-bond acceptors (Lipinski definition) is 3. The molecule has 5 nitrogen and oxygen atoms in total. The van der Waals surface area contributed by atoms with Crippen molar-refractivity contribution in [3.8, 4) is 0 Å². The van der Waals surface area contributed by atoms with Crippen LogP contribution in [0, 0.1) is 0 Å². The molecule has 1 aromatic rings. The van der Waals surface area contributed by atoms with Gasteiger partial charge in [-0.1, -0.05) is 30.3 Å². The highest BCUT2D eigenvalue weighted by atomic mass is 32.2. The van der Waals surface area contributed by atoms with Crippen molar-refractivity contribution in [2.45, 2.75) is 12.2 Å². The van der Waals surface area contributed by atoms with Gasteiger partial charge in [-0.2, -0.15) is 31.0 Å². The molecule has 0 heterocycles. The van der Waals surface area contributed by atoms with Gasteiger partial charge in [0, 0.05) is 0 Å². The highest BCUT2D eigenvalue weighted by Crippen LogP contribution is 2.14. The fraction of sp³-hybridized carbons (Fsp3) is 0.400. The number of halogens is 3. The molecule has 108 valence electrons. The molecule has 3 N–H and O–H groups in total. The number of alkyl halides is 3. The minimum Gasteiger partial charge on any atom is -0.394 e. The van der Waals surface area contributed by atoms with Gasteiger partial charge in [0.25, 0.3) is 10.2 Å². The third-order valence-corrected chi connectivity index (χ3v) is 3.26. The van der Waals surface area contributed by atoms with E-state index >= 15 is 0 Å². The average molecular weight is 298 g/mol. The van der Waals surface area contributed by atoms with E-state index < -0.39 is 35.6 Å². The normalized spacial score (nSPS) is 14.3. The van der Waals surface area contributed by atoms with E-state index in [4.69, 9.17) is 5.11 Å². The third-order valence-electron chi connectivity index (χ3n) is 2.14. The molecule has 0 amide bonds. The van der Waals surface area contributed by atoms with E-state index in [-0.39, 0.29) is 0 Å². The number of benzene rings is 1. The molecule has 0 saturated carbocycles. The Morgan fingerprint density at radius 2 is 1.79 bits per heavy atom. The topological polar surface area (TPSA) is 78.4 Å². The van der Waals surface area contributed by atoms with Crippen LogP contribution in [-0.4, -0.2) is 32.9 Å². The minimum absolute atomic E-state index is 0.447. The van der Waals surface area contributed by atoms with Crippen LogP contribution in [0.4, 0.5) is 13.2 Å².